The summed E-state index contributed by atoms with van der Waals surface area (Å²) in [6.45, 7) is 3.93. The van der Waals surface area contributed by atoms with Gasteiger partial charge in [0, 0.05) is 17.1 Å². The topological polar surface area (TPSA) is 70.6 Å². The van der Waals surface area contributed by atoms with Gasteiger partial charge in [-0.15, -0.1) is 0 Å². The number of halogens is 2. The van der Waals surface area contributed by atoms with Gasteiger partial charge in [0.15, 0.2) is 0 Å². The smallest absolute Gasteiger partial charge is 0.257 e. The van der Waals surface area contributed by atoms with E-state index in [2.05, 4.69) is 22.8 Å². The Bertz CT molecular complexity index is 897. The van der Waals surface area contributed by atoms with Crippen molar-refractivity contribution in [2.24, 2.45) is 5.10 Å². The number of nitrogens with zero attached hydrogens (tertiary/aromatic N) is 1. The number of nitrogens with one attached hydrogen (secondary N) is 2. The van der Waals surface area contributed by atoms with Crippen LogP contribution in [0.5, 0.6) is 0 Å². The van der Waals surface area contributed by atoms with Crippen molar-refractivity contribution in [2.75, 3.05) is 5.32 Å². The lowest BCUT2D eigenvalue weighted by Gasteiger charge is -2.09. The van der Waals surface area contributed by atoms with Crippen LogP contribution < -0.4 is 10.7 Å². The Morgan fingerprint density at radius 3 is 2.55 bits per heavy atom. The van der Waals surface area contributed by atoms with Crippen LogP contribution in [0.3, 0.4) is 0 Å². The summed E-state index contributed by atoms with van der Waals surface area (Å²) in [5.74, 6) is -0.430. The Balaban J connectivity index is 1.99. The van der Waals surface area contributed by atoms with Crippen LogP contribution in [0.25, 0.3) is 0 Å². The van der Waals surface area contributed by atoms with Gasteiger partial charge in [-0.05, 0) is 49.2 Å². The van der Waals surface area contributed by atoms with Gasteiger partial charge in [0.1, 0.15) is 0 Å². The standard InChI is InChI=1S/C22H25Cl2N3O2/c1-3-4-5-6-10-21(28)27-26-15(2)16-8-7-9-18(13-16)25-22(29)19-12-11-17(23)14-20(19)24/h7-9,11-14H,3-6,10H2,1-2H3,(H,25,29)(H,27,28). The van der Waals surface area contributed by atoms with E-state index in [0.29, 0.717) is 28.4 Å². The van der Waals surface area contributed by atoms with E-state index < -0.39 is 0 Å². The van der Waals surface area contributed by atoms with Crippen LogP contribution in [0.2, 0.25) is 10.0 Å². The van der Waals surface area contributed by atoms with E-state index >= 15 is 0 Å². The number of carbonyl (C=O) groups excluding carboxylic acids is 2. The SMILES string of the molecule is CCCCCCC(=O)NN=C(C)c1cccc(NC(=O)c2ccc(Cl)cc2Cl)c1. The summed E-state index contributed by atoms with van der Waals surface area (Å²) in [7, 11) is 0. The first-order chi connectivity index (χ1) is 13.9. The summed E-state index contributed by atoms with van der Waals surface area (Å²) >= 11 is 12.0. The van der Waals surface area contributed by atoms with Gasteiger partial charge in [0.25, 0.3) is 5.91 Å². The van der Waals surface area contributed by atoms with E-state index in [4.69, 9.17) is 23.2 Å². The van der Waals surface area contributed by atoms with E-state index in [1.807, 2.05) is 6.07 Å². The quantitative estimate of drug-likeness (QED) is 0.286. The second kappa shape index (κ2) is 11.6. The molecule has 2 aromatic rings. The first-order valence-corrected chi connectivity index (χ1v) is 10.4. The number of benzene rings is 2. The summed E-state index contributed by atoms with van der Waals surface area (Å²) in [6.07, 6.45) is 4.65. The van der Waals surface area contributed by atoms with Crippen LogP contribution >= 0.6 is 23.2 Å². The number of rotatable bonds is 9. The number of anilines is 1. The van der Waals surface area contributed by atoms with E-state index in [-0.39, 0.29) is 16.8 Å². The highest BCUT2D eigenvalue weighted by Gasteiger charge is 2.11. The minimum Gasteiger partial charge on any atom is -0.322 e. The van der Waals surface area contributed by atoms with Gasteiger partial charge in [0.2, 0.25) is 5.91 Å². The molecule has 5 nitrogen and oxygen atoms in total. The highest BCUT2D eigenvalue weighted by molar-refractivity contribution is 6.37. The maximum absolute atomic E-state index is 12.5. The highest BCUT2D eigenvalue weighted by Crippen LogP contribution is 2.22. The van der Waals surface area contributed by atoms with Crippen LogP contribution in [0, 0.1) is 0 Å². The lowest BCUT2D eigenvalue weighted by atomic mass is 10.1. The van der Waals surface area contributed by atoms with E-state index in [1.165, 1.54) is 6.07 Å². The average molecular weight is 434 g/mol. The molecule has 7 heteroatoms. The second-order valence-corrected chi connectivity index (χ2v) is 7.55. The molecule has 29 heavy (non-hydrogen) atoms. The molecule has 0 aliphatic heterocycles. The van der Waals surface area contributed by atoms with Crippen molar-refractivity contribution in [3.63, 3.8) is 0 Å². The molecule has 0 radical (unpaired) electrons. The molecule has 0 spiro atoms. The zero-order chi connectivity index (χ0) is 21.2. The minimum absolute atomic E-state index is 0.0951. The predicted molar refractivity (Wildman–Crippen MR) is 120 cm³/mol. The van der Waals surface area contributed by atoms with Crippen molar-refractivity contribution < 1.29 is 9.59 Å². The van der Waals surface area contributed by atoms with Crippen LogP contribution in [-0.4, -0.2) is 17.5 Å². The summed E-state index contributed by atoms with van der Waals surface area (Å²) < 4.78 is 0. The molecule has 0 saturated heterocycles. The largest absolute Gasteiger partial charge is 0.322 e. The summed E-state index contributed by atoms with van der Waals surface area (Å²) in [5.41, 5.74) is 4.95. The number of amides is 2. The van der Waals surface area contributed by atoms with Crippen LogP contribution in [0.15, 0.2) is 47.6 Å². The van der Waals surface area contributed by atoms with Gasteiger partial charge in [-0.3, -0.25) is 9.59 Å². The molecule has 0 aromatic heterocycles. The maximum atomic E-state index is 12.5. The third kappa shape index (κ3) is 7.52. The Labute approximate surface area is 181 Å². The lowest BCUT2D eigenvalue weighted by Crippen LogP contribution is -2.19. The summed E-state index contributed by atoms with van der Waals surface area (Å²) in [4.78, 5) is 24.3. The minimum atomic E-state index is -0.334. The third-order valence-corrected chi connectivity index (χ3v) is 4.87. The van der Waals surface area contributed by atoms with Gasteiger partial charge in [-0.2, -0.15) is 5.10 Å². The molecule has 2 N–H and O–H groups in total. The van der Waals surface area contributed by atoms with Gasteiger partial charge < -0.3 is 5.32 Å². The Morgan fingerprint density at radius 1 is 1.03 bits per heavy atom. The zero-order valence-electron chi connectivity index (χ0n) is 16.6. The molecule has 0 saturated carbocycles. The summed E-state index contributed by atoms with van der Waals surface area (Å²) in [5, 5.41) is 7.72. The van der Waals surface area contributed by atoms with Crippen LogP contribution in [0.4, 0.5) is 5.69 Å². The van der Waals surface area contributed by atoms with Gasteiger partial charge in [0.05, 0.1) is 16.3 Å². The maximum Gasteiger partial charge on any atom is 0.257 e. The predicted octanol–water partition coefficient (Wildman–Crippen LogP) is 6.06. The molecule has 2 amide bonds. The summed E-state index contributed by atoms with van der Waals surface area (Å²) in [6, 6.07) is 11.9. The van der Waals surface area contributed by atoms with E-state index in [0.717, 1.165) is 31.2 Å². The molecule has 0 atom stereocenters. The Kier molecular flexibility index (Phi) is 9.16. The van der Waals surface area contributed by atoms with Crippen molar-refractivity contribution in [3.05, 3.63) is 63.6 Å². The molecule has 0 aliphatic carbocycles. The molecule has 0 fully saturated rings. The molecule has 0 bridgehead atoms. The van der Waals surface area contributed by atoms with E-state index in [9.17, 15) is 9.59 Å². The molecule has 2 rings (SSSR count). The van der Waals surface area contributed by atoms with Gasteiger partial charge in [-0.1, -0.05) is 61.5 Å². The van der Waals surface area contributed by atoms with E-state index in [1.54, 1.807) is 37.3 Å². The fraction of sp³-hybridized carbons (Fsp3) is 0.318. The molecular formula is C22H25Cl2N3O2. The van der Waals surface area contributed by atoms with Crippen molar-refractivity contribution in [1.29, 1.82) is 0 Å². The number of carbonyl (C=O) groups is 2. The van der Waals surface area contributed by atoms with Gasteiger partial charge >= 0.3 is 0 Å². The number of hydrogen-bond donors (Lipinski definition) is 2. The first kappa shape index (κ1) is 22.9. The van der Waals surface area contributed by atoms with Crippen LogP contribution in [-0.2, 0) is 4.79 Å². The molecule has 0 unspecified atom stereocenters. The molecule has 0 heterocycles. The molecule has 154 valence electrons. The molecule has 2 aromatic carbocycles. The van der Waals surface area contributed by atoms with Crippen molar-refractivity contribution in [1.82, 2.24) is 5.43 Å². The second-order valence-electron chi connectivity index (χ2n) is 6.70. The Hall–Kier alpha value is -2.37. The third-order valence-electron chi connectivity index (χ3n) is 4.32. The fourth-order valence-corrected chi connectivity index (χ4v) is 3.17. The first-order valence-electron chi connectivity index (χ1n) is 9.60. The van der Waals surface area contributed by atoms with Crippen LogP contribution in [0.1, 0.15) is 61.9 Å². The normalized spacial score (nSPS) is 11.2. The van der Waals surface area contributed by atoms with Crippen molar-refractivity contribution in [2.45, 2.75) is 46.0 Å². The fourth-order valence-electron chi connectivity index (χ4n) is 2.67. The monoisotopic (exact) mass is 433 g/mol. The average Bonchev–Trinajstić information content (AvgIpc) is 2.69. The van der Waals surface area contributed by atoms with Crippen molar-refractivity contribution >= 4 is 46.4 Å². The van der Waals surface area contributed by atoms with Crippen molar-refractivity contribution in [3.8, 4) is 0 Å². The Morgan fingerprint density at radius 2 is 1.83 bits per heavy atom. The van der Waals surface area contributed by atoms with Gasteiger partial charge in [-0.25, -0.2) is 5.43 Å². The number of unbranched alkanes of at least 4 members (excludes halogenated alkanes) is 3. The highest BCUT2D eigenvalue weighted by atomic mass is 35.5. The number of hydrazone groups is 1. The molecule has 0 aliphatic rings. The zero-order valence-corrected chi connectivity index (χ0v) is 18.1. The lowest BCUT2D eigenvalue weighted by molar-refractivity contribution is -0.121. The molecular weight excluding hydrogens is 409 g/mol. The number of hydrogen-bond acceptors (Lipinski definition) is 3.